The Balaban J connectivity index is 2.03. The summed E-state index contributed by atoms with van der Waals surface area (Å²) in [6, 6.07) is -0.347. The molecule has 2 unspecified atom stereocenters. The van der Waals surface area contributed by atoms with Gasteiger partial charge in [-0.05, 0) is 12.8 Å². The van der Waals surface area contributed by atoms with Crippen molar-refractivity contribution in [2.75, 3.05) is 32.3 Å². The molecule has 0 aromatic carbocycles. The van der Waals surface area contributed by atoms with Gasteiger partial charge in [-0.1, -0.05) is 0 Å². The molecule has 17 heavy (non-hydrogen) atoms. The fourth-order valence-corrected chi connectivity index (χ4v) is 3.27. The van der Waals surface area contributed by atoms with E-state index in [9.17, 15) is 9.59 Å². The Bertz CT molecular complexity index is 316. The highest BCUT2D eigenvalue weighted by atomic mass is 32.2. The van der Waals surface area contributed by atoms with Gasteiger partial charge in [-0.25, -0.2) is 0 Å². The van der Waals surface area contributed by atoms with Gasteiger partial charge < -0.3 is 9.80 Å². The maximum Gasteiger partial charge on any atom is 0.244 e. The highest BCUT2D eigenvalue weighted by Gasteiger charge is 2.38. The first-order chi connectivity index (χ1) is 8.11. The van der Waals surface area contributed by atoms with E-state index in [4.69, 9.17) is 0 Å². The van der Waals surface area contributed by atoms with Crippen molar-refractivity contribution < 1.29 is 9.59 Å². The van der Waals surface area contributed by atoms with Gasteiger partial charge in [-0.2, -0.15) is 0 Å². The van der Waals surface area contributed by atoms with Gasteiger partial charge in [0.05, 0.1) is 6.04 Å². The van der Waals surface area contributed by atoms with Crippen molar-refractivity contribution in [3.8, 4) is 0 Å². The van der Waals surface area contributed by atoms with Crippen molar-refractivity contribution in [2.45, 2.75) is 24.9 Å². The number of rotatable bonds is 2. The second-order valence-electron chi connectivity index (χ2n) is 4.69. The molecular weight excluding hydrogens is 238 g/mol. The van der Waals surface area contributed by atoms with Crippen LogP contribution in [-0.4, -0.2) is 66.0 Å². The summed E-state index contributed by atoms with van der Waals surface area (Å²) in [6.45, 7) is 0.714. The Morgan fingerprint density at radius 3 is 2.76 bits per heavy atom. The van der Waals surface area contributed by atoms with Gasteiger partial charge in [-0.3, -0.25) is 14.9 Å². The summed E-state index contributed by atoms with van der Waals surface area (Å²) in [5, 5.41) is 3.17. The smallest absolute Gasteiger partial charge is 0.244 e. The summed E-state index contributed by atoms with van der Waals surface area (Å²) in [6.07, 6.45) is 1.72. The first-order valence-electron chi connectivity index (χ1n) is 5.94. The molecule has 2 fully saturated rings. The van der Waals surface area contributed by atoms with Crippen LogP contribution < -0.4 is 5.32 Å². The molecule has 2 amide bonds. The molecule has 0 radical (unpaired) electrons. The number of hydrogen-bond acceptors (Lipinski definition) is 4. The van der Waals surface area contributed by atoms with Crippen LogP contribution >= 0.6 is 11.8 Å². The minimum Gasteiger partial charge on any atom is -0.347 e. The molecular formula is C11H19N3O2S. The molecule has 2 saturated heterocycles. The third-order valence-corrected chi connectivity index (χ3v) is 4.22. The number of nitrogens with zero attached hydrogens (tertiary/aromatic N) is 2. The van der Waals surface area contributed by atoms with Gasteiger partial charge in [0.15, 0.2) is 0 Å². The zero-order valence-electron chi connectivity index (χ0n) is 10.3. The largest absolute Gasteiger partial charge is 0.347 e. The lowest BCUT2D eigenvalue weighted by atomic mass is 10.2. The Morgan fingerprint density at radius 2 is 2.18 bits per heavy atom. The minimum atomic E-state index is -0.245. The van der Waals surface area contributed by atoms with Crippen LogP contribution in [0.1, 0.15) is 12.8 Å². The Labute approximate surface area is 106 Å². The van der Waals surface area contributed by atoms with Crippen molar-refractivity contribution in [1.29, 1.82) is 0 Å². The summed E-state index contributed by atoms with van der Waals surface area (Å²) in [5.74, 6) is 1.78. The van der Waals surface area contributed by atoms with Gasteiger partial charge in [0.25, 0.3) is 0 Å². The summed E-state index contributed by atoms with van der Waals surface area (Å²) >= 11 is 1.73. The molecule has 0 saturated carbocycles. The molecule has 2 heterocycles. The zero-order valence-corrected chi connectivity index (χ0v) is 11.1. The monoisotopic (exact) mass is 257 g/mol. The van der Waals surface area contributed by atoms with E-state index < -0.39 is 0 Å². The van der Waals surface area contributed by atoms with Crippen LogP contribution in [0, 0.1) is 0 Å². The van der Waals surface area contributed by atoms with Crippen LogP contribution in [0.5, 0.6) is 0 Å². The second-order valence-corrected chi connectivity index (χ2v) is 5.72. The van der Waals surface area contributed by atoms with Gasteiger partial charge in [0, 0.05) is 32.3 Å². The highest BCUT2D eigenvalue weighted by Crippen LogP contribution is 2.22. The Hall–Kier alpha value is -0.750. The zero-order chi connectivity index (χ0) is 12.4. The lowest BCUT2D eigenvalue weighted by molar-refractivity contribution is -0.143. The summed E-state index contributed by atoms with van der Waals surface area (Å²) < 4.78 is 0. The van der Waals surface area contributed by atoms with Gasteiger partial charge in [-0.15, -0.1) is 11.8 Å². The Kier molecular flexibility index (Phi) is 3.93. The minimum absolute atomic E-state index is 0.0431. The average molecular weight is 257 g/mol. The predicted molar refractivity (Wildman–Crippen MR) is 67.7 cm³/mol. The molecule has 2 rings (SSSR count). The lowest BCUT2D eigenvalue weighted by Gasteiger charge is -2.28. The van der Waals surface area contributed by atoms with Gasteiger partial charge in [0.1, 0.15) is 6.04 Å². The summed E-state index contributed by atoms with van der Waals surface area (Å²) in [4.78, 5) is 27.6. The molecule has 0 aliphatic carbocycles. The molecule has 0 aromatic heterocycles. The van der Waals surface area contributed by atoms with E-state index in [2.05, 4.69) is 5.32 Å². The normalized spacial score (nSPS) is 28.5. The number of carbonyl (C=O) groups is 2. The molecule has 2 aliphatic heterocycles. The van der Waals surface area contributed by atoms with E-state index in [1.165, 1.54) is 0 Å². The number of nitrogens with one attached hydrogen (secondary N) is 1. The fourth-order valence-electron chi connectivity index (χ4n) is 2.34. The van der Waals surface area contributed by atoms with Gasteiger partial charge >= 0.3 is 0 Å². The third kappa shape index (κ3) is 2.57. The number of hydrogen-bond donors (Lipinski definition) is 1. The molecule has 0 spiro atoms. The first kappa shape index (κ1) is 12.7. The second kappa shape index (κ2) is 5.27. The van der Waals surface area contributed by atoms with Crippen molar-refractivity contribution >= 4 is 23.6 Å². The maximum atomic E-state index is 12.3. The van der Waals surface area contributed by atoms with E-state index >= 15 is 0 Å². The molecule has 1 N–H and O–H groups in total. The molecule has 0 bridgehead atoms. The molecule has 0 aromatic rings. The van der Waals surface area contributed by atoms with E-state index in [1.807, 2.05) is 0 Å². The average Bonchev–Trinajstić information content (AvgIpc) is 2.97. The van der Waals surface area contributed by atoms with Crippen LogP contribution in [0.15, 0.2) is 0 Å². The van der Waals surface area contributed by atoms with E-state index in [0.29, 0.717) is 6.54 Å². The molecule has 5 nitrogen and oxygen atoms in total. The lowest BCUT2D eigenvalue weighted by Crippen LogP contribution is -2.51. The van der Waals surface area contributed by atoms with Crippen molar-refractivity contribution in [1.82, 2.24) is 15.1 Å². The Morgan fingerprint density at radius 1 is 1.41 bits per heavy atom. The number of likely N-dealkylation sites (N-methyl/N-ethyl adjacent to an activating group) is 1. The van der Waals surface area contributed by atoms with Crippen LogP contribution in [0.2, 0.25) is 0 Å². The molecule has 2 aliphatic rings. The molecule has 2 atom stereocenters. The maximum absolute atomic E-state index is 12.3. The number of carbonyl (C=O) groups excluding carboxylic acids is 2. The first-order valence-corrected chi connectivity index (χ1v) is 7.09. The standard InChI is InChI=1S/C11H19N3O2S/c1-13(2)11(16)9-4-3-5-14(9)10(15)8-6-17-7-12-8/h8-9,12H,3-7H2,1-2H3. The van der Waals surface area contributed by atoms with E-state index in [0.717, 1.165) is 24.5 Å². The van der Waals surface area contributed by atoms with E-state index in [1.54, 1.807) is 35.7 Å². The van der Waals surface area contributed by atoms with Crippen LogP contribution in [-0.2, 0) is 9.59 Å². The van der Waals surface area contributed by atoms with Crippen LogP contribution in [0.3, 0.4) is 0 Å². The van der Waals surface area contributed by atoms with Crippen molar-refractivity contribution in [2.24, 2.45) is 0 Å². The predicted octanol–water partition coefficient (Wildman–Crippen LogP) is -0.272. The molecule has 96 valence electrons. The number of amides is 2. The quantitative estimate of drug-likeness (QED) is 0.740. The SMILES string of the molecule is CN(C)C(=O)C1CCCN1C(=O)C1CSCN1. The topological polar surface area (TPSA) is 52.7 Å². The highest BCUT2D eigenvalue weighted by molar-refractivity contribution is 7.99. The summed E-state index contributed by atoms with van der Waals surface area (Å²) in [5.41, 5.74) is 0. The molecule has 6 heteroatoms. The van der Waals surface area contributed by atoms with Gasteiger partial charge in [0.2, 0.25) is 11.8 Å². The number of likely N-dealkylation sites (tertiary alicyclic amines) is 1. The van der Waals surface area contributed by atoms with E-state index in [-0.39, 0.29) is 23.9 Å². The third-order valence-electron chi connectivity index (χ3n) is 3.28. The summed E-state index contributed by atoms with van der Waals surface area (Å²) in [7, 11) is 3.49. The van der Waals surface area contributed by atoms with Crippen LogP contribution in [0.25, 0.3) is 0 Å². The van der Waals surface area contributed by atoms with Crippen LogP contribution in [0.4, 0.5) is 0 Å². The van der Waals surface area contributed by atoms with Crippen molar-refractivity contribution in [3.05, 3.63) is 0 Å². The number of thioether (sulfide) groups is 1. The van der Waals surface area contributed by atoms with Crippen molar-refractivity contribution in [3.63, 3.8) is 0 Å². The fraction of sp³-hybridized carbons (Fsp3) is 0.818.